The highest BCUT2D eigenvalue weighted by molar-refractivity contribution is 4.94. The number of ether oxygens (including phenoxy) is 1. The minimum atomic E-state index is 0.190. The summed E-state index contributed by atoms with van der Waals surface area (Å²) in [6.45, 7) is 26.7. The Labute approximate surface area is 168 Å². The van der Waals surface area contributed by atoms with Gasteiger partial charge in [0.25, 0.3) is 0 Å². The molecule has 3 fully saturated rings. The van der Waals surface area contributed by atoms with E-state index in [1.54, 1.807) is 0 Å². The molecule has 0 bridgehead atoms. The van der Waals surface area contributed by atoms with Crippen LogP contribution in [0.15, 0.2) is 0 Å². The lowest BCUT2D eigenvalue weighted by atomic mass is 9.88. The molecule has 158 valence electrons. The van der Waals surface area contributed by atoms with Gasteiger partial charge in [0.15, 0.2) is 0 Å². The van der Waals surface area contributed by atoms with E-state index in [4.69, 9.17) is 4.74 Å². The van der Waals surface area contributed by atoms with Gasteiger partial charge >= 0.3 is 0 Å². The number of nitrogens with zero attached hydrogens (tertiary/aromatic N) is 4. The highest BCUT2D eigenvalue weighted by Gasteiger charge is 2.39. The average Bonchev–Trinajstić information content (AvgIpc) is 3.27. The Morgan fingerprint density at radius 2 is 1.56 bits per heavy atom. The second kappa shape index (κ2) is 7.91. The van der Waals surface area contributed by atoms with Crippen molar-refractivity contribution in [3.05, 3.63) is 0 Å². The maximum Gasteiger partial charge on any atom is 0.0996 e. The Hall–Kier alpha value is -0.200. The van der Waals surface area contributed by atoms with Gasteiger partial charge in [0, 0.05) is 49.3 Å². The standard InChI is InChI=1S/C22H44N4O/c1-20(2,3)24-9-8-19(15-24)14-21(4,5)25-11-10-23(17-25)16-22(6,7)26-12-13-27-18-26/h19H,8-18H2,1-7H3. The van der Waals surface area contributed by atoms with Crippen molar-refractivity contribution in [2.75, 3.05) is 59.3 Å². The van der Waals surface area contributed by atoms with E-state index in [1.165, 1.54) is 39.0 Å². The van der Waals surface area contributed by atoms with Crippen LogP contribution in [-0.2, 0) is 4.74 Å². The summed E-state index contributed by atoms with van der Waals surface area (Å²) in [5, 5.41) is 0. The third-order valence-electron chi connectivity index (χ3n) is 7.15. The zero-order valence-corrected chi connectivity index (χ0v) is 19.1. The predicted octanol–water partition coefficient (Wildman–Crippen LogP) is 2.92. The third-order valence-corrected chi connectivity index (χ3v) is 7.15. The molecule has 1 unspecified atom stereocenters. The van der Waals surface area contributed by atoms with E-state index in [2.05, 4.69) is 68.1 Å². The lowest BCUT2D eigenvalue weighted by molar-refractivity contribution is 0.0407. The maximum absolute atomic E-state index is 5.58. The van der Waals surface area contributed by atoms with Gasteiger partial charge < -0.3 is 4.74 Å². The van der Waals surface area contributed by atoms with Crippen molar-refractivity contribution in [3.63, 3.8) is 0 Å². The van der Waals surface area contributed by atoms with Crippen molar-refractivity contribution >= 4 is 0 Å². The lowest BCUT2D eigenvalue weighted by Gasteiger charge is -2.40. The van der Waals surface area contributed by atoms with Crippen molar-refractivity contribution in [1.29, 1.82) is 0 Å². The quantitative estimate of drug-likeness (QED) is 0.705. The summed E-state index contributed by atoms with van der Waals surface area (Å²) in [6, 6.07) is 0. The number of likely N-dealkylation sites (tertiary alicyclic amines) is 1. The minimum absolute atomic E-state index is 0.190. The first-order valence-electron chi connectivity index (χ1n) is 11.0. The van der Waals surface area contributed by atoms with E-state index < -0.39 is 0 Å². The lowest BCUT2D eigenvalue weighted by Crippen LogP contribution is -2.51. The van der Waals surface area contributed by atoms with Gasteiger partial charge in [0.1, 0.15) is 0 Å². The van der Waals surface area contributed by atoms with E-state index >= 15 is 0 Å². The molecule has 0 spiro atoms. The molecule has 3 aliphatic rings. The molecule has 3 aliphatic heterocycles. The fourth-order valence-corrected chi connectivity index (χ4v) is 5.25. The van der Waals surface area contributed by atoms with Crippen LogP contribution in [0.3, 0.4) is 0 Å². The normalized spacial score (nSPS) is 27.9. The molecule has 3 saturated heterocycles. The SMILES string of the molecule is CC(C)(C)N1CCC(CC(C)(C)N2CCN(CC(C)(C)N3CCOC3)C2)C1. The predicted molar refractivity (Wildman–Crippen MR) is 113 cm³/mol. The molecule has 5 heteroatoms. The molecule has 0 aromatic heterocycles. The second-order valence-electron chi connectivity index (χ2n) is 11.4. The molecule has 5 nitrogen and oxygen atoms in total. The van der Waals surface area contributed by atoms with Crippen molar-refractivity contribution in [3.8, 4) is 0 Å². The van der Waals surface area contributed by atoms with E-state index in [0.717, 1.165) is 39.0 Å². The van der Waals surface area contributed by atoms with Gasteiger partial charge in [-0.1, -0.05) is 0 Å². The smallest absolute Gasteiger partial charge is 0.0996 e. The van der Waals surface area contributed by atoms with Gasteiger partial charge in [-0.15, -0.1) is 0 Å². The largest absolute Gasteiger partial charge is 0.365 e. The monoisotopic (exact) mass is 380 g/mol. The van der Waals surface area contributed by atoms with Gasteiger partial charge in [-0.05, 0) is 73.8 Å². The fourth-order valence-electron chi connectivity index (χ4n) is 5.25. The second-order valence-corrected chi connectivity index (χ2v) is 11.4. The molecular formula is C22H44N4O. The van der Waals surface area contributed by atoms with E-state index in [-0.39, 0.29) is 11.1 Å². The number of hydrogen-bond acceptors (Lipinski definition) is 5. The van der Waals surface area contributed by atoms with Crippen LogP contribution >= 0.6 is 0 Å². The van der Waals surface area contributed by atoms with Crippen molar-refractivity contribution in [1.82, 2.24) is 19.6 Å². The zero-order valence-electron chi connectivity index (χ0n) is 19.1. The van der Waals surface area contributed by atoms with Crippen LogP contribution in [0.25, 0.3) is 0 Å². The molecule has 27 heavy (non-hydrogen) atoms. The van der Waals surface area contributed by atoms with Crippen LogP contribution in [-0.4, -0.2) is 95.5 Å². The molecule has 0 aromatic rings. The molecule has 3 rings (SSSR count). The first-order valence-corrected chi connectivity index (χ1v) is 11.0. The summed E-state index contributed by atoms with van der Waals surface area (Å²) in [4.78, 5) is 10.5. The number of rotatable bonds is 6. The number of hydrogen-bond donors (Lipinski definition) is 0. The van der Waals surface area contributed by atoms with Crippen molar-refractivity contribution in [2.45, 2.75) is 77.9 Å². The van der Waals surface area contributed by atoms with E-state index in [1.807, 2.05) is 0 Å². The Morgan fingerprint density at radius 1 is 0.815 bits per heavy atom. The Morgan fingerprint density at radius 3 is 2.15 bits per heavy atom. The molecule has 0 radical (unpaired) electrons. The minimum Gasteiger partial charge on any atom is -0.365 e. The summed E-state index contributed by atoms with van der Waals surface area (Å²) in [6.07, 6.45) is 2.68. The molecule has 0 saturated carbocycles. The molecule has 0 aliphatic carbocycles. The summed E-state index contributed by atoms with van der Waals surface area (Å²) >= 11 is 0. The topological polar surface area (TPSA) is 22.2 Å². The summed E-state index contributed by atoms with van der Waals surface area (Å²) in [5.41, 5.74) is 0.789. The van der Waals surface area contributed by atoms with Crippen LogP contribution in [0.1, 0.15) is 61.3 Å². The molecule has 0 N–H and O–H groups in total. The molecular weight excluding hydrogens is 336 g/mol. The summed E-state index contributed by atoms with van der Waals surface area (Å²) in [7, 11) is 0. The van der Waals surface area contributed by atoms with Crippen molar-refractivity contribution in [2.24, 2.45) is 5.92 Å². The highest BCUT2D eigenvalue weighted by atomic mass is 16.5. The fraction of sp³-hybridized carbons (Fsp3) is 1.00. The van der Waals surface area contributed by atoms with Crippen molar-refractivity contribution < 1.29 is 4.74 Å². The highest BCUT2D eigenvalue weighted by Crippen LogP contribution is 2.33. The van der Waals surface area contributed by atoms with Crippen LogP contribution in [0.5, 0.6) is 0 Å². The zero-order chi connectivity index (χ0) is 19.9. The van der Waals surface area contributed by atoms with Crippen LogP contribution in [0.4, 0.5) is 0 Å². The van der Waals surface area contributed by atoms with E-state index in [9.17, 15) is 0 Å². The summed E-state index contributed by atoms with van der Waals surface area (Å²) in [5.74, 6) is 0.839. The van der Waals surface area contributed by atoms with Gasteiger partial charge in [0.05, 0.1) is 20.0 Å². The Balaban J connectivity index is 1.50. The van der Waals surface area contributed by atoms with Crippen LogP contribution < -0.4 is 0 Å². The molecule has 1 atom stereocenters. The van der Waals surface area contributed by atoms with Gasteiger partial charge in [-0.3, -0.25) is 19.6 Å². The van der Waals surface area contributed by atoms with Gasteiger partial charge in [-0.2, -0.15) is 0 Å². The summed E-state index contributed by atoms with van der Waals surface area (Å²) < 4.78 is 5.58. The van der Waals surface area contributed by atoms with E-state index in [0.29, 0.717) is 5.54 Å². The molecule has 3 heterocycles. The Bertz CT molecular complexity index is 493. The molecule has 0 amide bonds. The van der Waals surface area contributed by atoms with Crippen LogP contribution in [0.2, 0.25) is 0 Å². The van der Waals surface area contributed by atoms with Gasteiger partial charge in [-0.25, -0.2) is 0 Å². The average molecular weight is 381 g/mol. The van der Waals surface area contributed by atoms with Crippen LogP contribution in [0, 0.1) is 5.92 Å². The Kier molecular flexibility index (Phi) is 6.30. The first-order chi connectivity index (χ1) is 12.5. The maximum atomic E-state index is 5.58. The molecule has 0 aromatic carbocycles. The third kappa shape index (κ3) is 5.24. The van der Waals surface area contributed by atoms with Gasteiger partial charge in [0.2, 0.25) is 0 Å². The first kappa shape index (κ1) is 21.5.